The van der Waals surface area contributed by atoms with Gasteiger partial charge < -0.3 is 21.1 Å². The second-order valence-electron chi connectivity index (χ2n) is 5.95. The number of aliphatic hydroxyl groups excluding tert-OH is 1. The van der Waals surface area contributed by atoms with E-state index < -0.39 is 0 Å². The van der Waals surface area contributed by atoms with E-state index in [1.54, 1.807) is 4.90 Å². The molecule has 1 saturated heterocycles. The second-order valence-corrected chi connectivity index (χ2v) is 6.95. The van der Waals surface area contributed by atoms with Crippen LogP contribution >= 0.6 is 11.3 Å². The molecule has 0 aromatic carbocycles. The van der Waals surface area contributed by atoms with Crippen LogP contribution in [-0.2, 0) is 0 Å². The highest BCUT2D eigenvalue weighted by atomic mass is 32.1. The van der Waals surface area contributed by atoms with E-state index in [1.165, 1.54) is 17.8 Å². The lowest BCUT2D eigenvalue weighted by molar-refractivity contribution is 0.0626. The monoisotopic (exact) mass is 310 g/mol. The Morgan fingerprint density at radius 2 is 2.24 bits per heavy atom. The van der Waals surface area contributed by atoms with E-state index in [9.17, 15) is 9.90 Å². The van der Waals surface area contributed by atoms with Crippen LogP contribution in [0.4, 0.5) is 10.9 Å². The minimum Gasteiger partial charge on any atom is -0.396 e. The van der Waals surface area contributed by atoms with Crippen LogP contribution in [0, 0.1) is 5.92 Å². The zero-order valence-electron chi connectivity index (χ0n) is 12.0. The highest BCUT2D eigenvalue weighted by Crippen LogP contribution is 2.31. The van der Waals surface area contributed by atoms with Crippen molar-refractivity contribution in [1.82, 2.24) is 9.88 Å². The lowest BCUT2D eigenvalue weighted by atomic mass is 9.93. The van der Waals surface area contributed by atoms with Gasteiger partial charge >= 0.3 is 0 Å². The van der Waals surface area contributed by atoms with Gasteiger partial charge in [0.1, 0.15) is 10.7 Å². The number of piperidine rings is 1. The van der Waals surface area contributed by atoms with Crippen molar-refractivity contribution in [3.63, 3.8) is 0 Å². The predicted octanol–water partition coefficient (Wildman–Crippen LogP) is 1.53. The Morgan fingerprint density at radius 1 is 1.43 bits per heavy atom. The average Bonchev–Trinajstić information content (AvgIpc) is 2.83. The number of carbonyl (C=O) groups is 1. The van der Waals surface area contributed by atoms with Crippen LogP contribution in [0.1, 0.15) is 41.8 Å². The van der Waals surface area contributed by atoms with E-state index in [0.29, 0.717) is 23.3 Å². The van der Waals surface area contributed by atoms with Crippen LogP contribution in [0.2, 0.25) is 0 Å². The summed E-state index contributed by atoms with van der Waals surface area (Å²) in [5.41, 5.74) is 5.91. The molecule has 7 heteroatoms. The van der Waals surface area contributed by atoms with Gasteiger partial charge in [-0.05, 0) is 38.0 Å². The van der Waals surface area contributed by atoms with E-state index >= 15 is 0 Å². The fourth-order valence-corrected chi connectivity index (χ4v) is 3.75. The largest absolute Gasteiger partial charge is 0.396 e. The Kier molecular flexibility index (Phi) is 4.30. The molecule has 1 aromatic heterocycles. The minimum atomic E-state index is -0.0511. The Balaban J connectivity index is 1.68. The summed E-state index contributed by atoms with van der Waals surface area (Å²) in [6.07, 6.45) is 5.48. The van der Waals surface area contributed by atoms with E-state index in [-0.39, 0.29) is 18.4 Å². The van der Waals surface area contributed by atoms with Gasteiger partial charge in [-0.15, -0.1) is 0 Å². The van der Waals surface area contributed by atoms with Crippen LogP contribution in [0.3, 0.4) is 0 Å². The molecule has 0 bridgehead atoms. The van der Waals surface area contributed by atoms with Crippen LogP contribution in [0.5, 0.6) is 0 Å². The molecule has 1 aromatic rings. The van der Waals surface area contributed by atoms with Crippen LogP contribution in [0.25, 0.3) is 0 Å². The van der Waals surface area contributed by atoms with E-state index in [0.717, 1.165) is 37.4 Å². The molecule has 0 radical (unpaired) electrons. The molecule has 2 fully saturated rings. The first kappa shape index (κ1) is 14.6. The Labute approximate surface area is 128 Å². The molecule has 1 atom stereocenters. The smallest absolute Gasteiger partial charge is 0.267 e. The van der Waals surface area contributed by atoms with Crippen molar-refractivity contribution in [3.8, 4) is 0 Å². The number of aromatic nitrogens is 1. The number of nitrogens with one attached hydrogen (secondary N) is 1. The molecule has 2 heterocycles. The molecule has 6 nitrogen and oxygen atoms in total. The quantitative estimate of drug-likeness (QED) is 0.784. The number of nitrogens with two attached hydrogens (primary N) is 1. The molecular formula is C14H22N4O2S. The normalized spacial score (nSPS) is 22.9. The van der Waals surface area contributed by atoms with Crippen molar-refractivity contribution in [1.29, 1.82) is 0 Å². The number of thiazole rings is 1. The third-order valence-electron chi connectivity index (χ3n) is 4.34. The van der Waals surface area contributed by atoms with Gasteiger partial charge in [0.15, 0.2) is 5.13 Å². The molecule has 1 saturated carbocycles. The summed E-state index contributed by atoms with van der Waals surface area (Å²) in [6.45, 7) is 1.48. The zero-order chi connectivity index (χ0) is 14.8. The highest BCUT2D eigenvalue weighted by molar-refractivity contribution is 7.18. The molecule has 3 rings (SSSR count). The first-order valence-corrected chi connectivity index (χ1v) is 8.42. The molecule has 1 aliphatic heterocycles. The van der Waals surface area contributed by atoms with Gasteiger partial charge in [0, 0.05) is 25.7 Å². The fourth-order valence-electron chi connectivity index (χ4n) is 2.82. The number of hydrogen-bond donors (Lipinski definition) is 3. The van der Waals surface area contributed by atoms with Gasteiger partial charge in [0.05, 0.1) is 0 Å². The SMILES string of the molecule is Nc1nc(NC2CCC2)sc1C(=O)N1CCCC(CO)C1. The Bertz CT molecular complexity index is 515. The van der Waals surface area contributed by atoms with Gasteiger partial charge in [-0.3, -0.25) is 4.79 Å². The van der Waals surface area contributed by atoms with Crippen LogP contribution in [-0.4, -0.2) is 46.6 Å². The summed E-state index contributed by atoms with van der Waals surface area (Å²) in [7, 11) is 0. The van der Waals surface area contributed by atoms with Gasteiger partial charge in [-0.2, -0.15) is 0 Å². The number of nitrogen functional groups attached to an aromatic ring is 1. The van der Waals surface area contributed by atoms with E-state index in [1.807, 2.05) is 0 Å². The molecule has 116 valence electrons. The summed E-state index contributed by atoms with van der Waals surface area (Å²) in [5, 5.41) is 13.4. The number of amides is 1. The second kappa shape index (κ2) is 6.19. The summed E-state index contributed by atoms with van der Waals surface area (Å²) in [4.78, 5) is 19.2. The Morgan fingerprint density at radius 3 is 2.90 bits per heavy atom. The van der Waals surface area contributed by atoms with Crippen LogP contribution < -0.4 is 11.1 Å². The molecule has 1 unspecified atom stereocenters. The summed E-state index contributed by atoms with van der Waals surface area (Å²) >= 11 is 1.35. The first-order valence-electron chi connectivity index (χ1n) is 7.60. The predicted molar refractivity (Wildman–Crippen MR) is 83.5 cm³/mol. The standard InChI is InChI=1S/C14H22N4O2S/c15-12-11(21-14(17-12)16-10-4-1-5-10)13(20)18-6-2-3-9(7-18)8-19/h9-10,19H,1-8,15H2,(H,16,17). The van der Waals surface area contributed by atoms with Crippen molar-refractivity contribution in [2.45, 2.75) is 38.1 Å². The molecular weight excluding hydrogens is 288 g/mol. The molecule has 1 amide bonds. The zero-order valence-corrected chi connectivity index (χ0v) is 12.9. The highest BCUT2D eigenvalue weighted by Gasteiger charge is 2.28. The number of carbonyl (C=O) groups excluding carboxylic acids is 1. The third-order valence-corrected chi connectivity index (χ3v) is 5.34. The maximum atomic E-state index is 12.6. The first-order chi connectivity index (χ1) is 10.2. The van der Waals surface area contributed by atoms with Crippen molar-refractivity contribution in [2.75, 3.05) is 30.7 Å². The van der Waals surface area contributed by atoms with Crippen molar-refractivity contribution in [2.24, 2.45) is 5.92 Å². The summed E-state index contributed by atoms with van der Waals surface area (Å²) < 4.78 is 0. The van der Waals surface area contributed by atoms with Gasteiger partial charge in [-0.25, -0.2) is 4.98 Å². The van der Waals surface area contributed by atoms with Gasteiger partial charge in [0.25, 0.3) is 5.91 Å². The molecule has 1 aliphatic carbocycles. The number of anilines is 2. The van der Waals surface area contributed by atoms with Crippen molar-refractivity contribution in [3.05, 3.63) is 4.88 Å². The lowest BCUT2D eigenvalue weighted by Gasteiger charge is -2.31. The topological polar surface area (TPSA) is 91.5 Å². The number of nitrogens with zero attached hydrogens (tertiary/aromatic N) is 2. The maximum absolute atomic E-state index is 12.6. The Hall–Kier alpha value is -1.34. The number of hydrogen-bond acceptors (Lipinski definition) is 6. The third kappa shape index (κ3) is 3.13. The molecule has 0 spiro atoms. The molecule has 21 heavy (non-hydrogen) atoms. The minimum absolute atomic E-state index is 0.0511. The number of rotatable bonds is 4. The fraction of sp³-hybridized carbons (Fsp3) is 0.714. The van der Waals surface area contributed by atoms with Gasteiger partial charge in [-0.1, -0.05) is 11.3 Å². The lowest BCUT2D eigenvalue weighted by Crippen LogP contribution is -2.40. The number of likely N-dealkylation sites (tertiary alicyclic amines) is 1. The summed E-state index contributed by atoms with van der Waals surface area (Å²) in [5.74, 6) is 0.451. The van der Waals surface area contributed by atoms with E-state index in [4.69, 9.17) is 5.73 Å². The maximum Gasteiger partial charge on any atom is 0.267 e. The average molecular weight is 310 g/mol. The molecule has 2 aliphatic rings. The summed E-state index contributed by atoms with van der Waals surface area (Å²) in [6, 6.07) is 0.479. The van der Waals surface area contributed by atoms with Crippen molar-refractivity contribution < 1.29 is 9.90 Å². The van der Waals surface area contributed by atoms with Gasteiger partial charge in [0.2, 0.25) is 0 Å². The molecule has 4 N–H and O–H groups in total. The van der Waals surface area contributed by atoms with Crippen LogP contribution in [0.15, 0.2) is 0 Å². The van der Waals surface area contributed by atoms with Crippen molar-refractivity contribution >= 4 is 28.2 Å². The van der Waals surface area contributed by atoms with E-state index in [2.05, 4.69) is 10.3 Å². The number of aliphatic hydroxyl groups is 1.